The van der Waals surface area contributed by atoms with Gasteiger partial charge in [0.2, 0.25) is 5.88 Å². The number of aromatic nitrogens is 1. The molecule has 3 atom stereocenters. The number of pyridine rings is 1. The SMILES string of the molecule is COc1ncccc1C(=O)N[C@@H]1C[C@H]2CO[C@@H](C)CN2C1. The molecule has 0 aromatic carbocycles. The molecule has 21 heavy (non-hydrogen) atoms. The Kier molecular flexibility index (Phi) is 4.07. The Morgan fingerprint density at radius 2 is 2.38 bits per heavy atom. The van der Waals surface area contributed by atoms with Crippen LogP contribution in [0.15, 0.2) is 18.3 Å². The van der Waals surface area contributed by atoms with Crippen LogP contribution in [0.5, 0.6) is 5.88 Å². The molecule has 0 bridgehead atoms. The number of carbonyl (C=O) groups excluding carboxylic acids is 1. The third-order valence-electron chi connectivity index (χ3n) is 4.14. The maximum absolute atomic E-state index is 12.4. The van der Waals surface area contributed by atoms with Crippen molar-refractivity contribution in [1.82, 2.24) is 15.2 Å². The average Bonchev–Trinajstić information content (AvgIpc) is 2.88. The van der Waals surface area contributed by atoms with Gasteiger partial charge in [0.25, 0.3) is 5.91 Å². The first-order valence-electron chi connectivity index (χ1n) is 7.33. The quantitative estimate of drug-likeness (QED) is 0.887. The summed E-state index contributed by atoms with van der Waals surface area (Å²) in [5.41, 5.74) is 0.481. The molecule has 114 valence electrons. The predicted molar refractivity (Wildman–Crippen MR) is 77.4 cm³/mol. The van der Waals surface area contributed by atoms with Crippen LogP contribution in [-0.2, 0) is 4.74 Å². The van der Waals surface area contributed by atoms with E-state index >= 15 is 0 Å². The number of nitrogens with zero attached hydrogens (tertiary/aromatic N) is 2. The van der Waals surface area contributed by atoms with E-state index in [9.17, 15) is 4.79 Å². The Balaban J connectivity index is 1.63. The molecule has 0 aliphatic carbocycles. The lowest BCUT2D eigenvalue weighted by Crippen LogP contribution is -2.45. The first kappa shape index (κ1) is 14.3. The molecule has 2 saturated heterocycles. The molecule has 3 heterocycles. The van der Waals surface area contributed by atoms with Crippen LogP contribution in [0.3, 0.4) is 0 Å². The number of fused-ring (bicyclic) bond motifs is 1. The minimum atomic E-state index is -0.126. The predicted octanol–water partition coefficient (Wildman–Crippen LogP) is 0.682. The minimum Gasteiger partial charge on any atom is -0.480 e. The fourth-order valence-electron chi connectivity index (χ4n) is 3.13. The van der Waals surface area contributed by atoms with Crippen LogP contribution >= 0.6 is 0 Å². The van der Waals surface area contributed by atoms with Gasteiger partial charge in [-0.3, -0.25) is 9.69 Å². The van der Waals surface area contributed by atoms with Gasteiger partial charge in [-0.15, -0.1) is 0 Å². The molecule has 1 amide bonds. The van der Waals surface area contributed by atoms with Crippen LogP contribution in [0.25, 0.3) is 0 Å². The van der Waals surface area contributed by atoms with Crippen molar-refractivity contribution in [1.29, 1.82) is 0 Å². The lowest BCUT2D eigenvalue weighted by Gasteiger charge is -2.33. The molecule has 1 aromatic rings. The van der Waals surface area contributed by atoms with E-state index in [0.717, 1.165) is 26.1 Å². The second kappa shape index (κ2) is 5.99. The molecule has 2 fully saturated rings. The second-order valence-corrected chi connectivity index (χ2v) is 5.72. The van der Waals surface area contributed by atoms with Gasteiger partial charge in [-0.05, 0) is 25.5 Å². The van der Waals surface area contributed by atoms with Crippen molar-refractivity contribution in [2.75, 3.05) is 26.8 Å². The molecule has 6 nitrogen and oxygen atoms in total. The Bertz CT molecular complexity index is 523. The summed E-state index contributed by atoms with van der Waals surface area (Å²) in [6, 6.07) is 4.04. The van der Waals surface area contributed by atoms with Crippen LogP contribution in [0.1, 0.15) is 23.7 Å². The summed E-state index contributed by atoms with van der Waals surface area (Å²) < 4.78 is 10.8. The van der Waals surface area contributed by atoms with Crippen molar-refractivity contribution < 1.29 is 14.3 Å². The normalized spacial score (nSPS) is 29.0. The maximum Gasteiger partial charge on any atom is 0.257 e. The average molecular weight is 291 g/mol. The van der Waals surface area contributed by atoms with Gasteiger partial charge in [0.15, 0.2) is 0 Å². The summed E-state index contributed by atoms with van der Waals surface area (Å²) in [4.78, 5) is 18.8. The van der Waals surface area contributed by atoms with E-state index in [0.29, 0.717) is 17.5 Å². The topological polar surface area (TPSA) is 63.7 Å². The van der Waals surface area contributed by atoms with E-state index in [4.69, 9.17) is 9.47 Å². The maximum atomic E-state index is 12.4. The highest BCUT2D eigenvalue weighted by Crippen LogP contribution is 2.23. The monoisotopic (exact) mass is 291 g/mol. The molecule has 0 unspecified atom stereocenters. The number of methoxy groups -OCH3 is 1. The van der Waals surface area contributed by atoms with Crippen molar-refractivity contribution in [2.24, 2.45) is 0 Å². The minimum absolute atomic E-state index is 0.126. The van der Waals surface area contributed by atoms with Crippen molar-refractivity contribution in [3.05, 3.63) is 23.9 Å². The highest BCUT2D eigenvalue weighted by atomic mass is 16.5. The zero-order chi connectivity index (χ0) is 14.8. The first-order chi connectivity index (χ1) is 10.2. The number of hydrogen-bond acceptors (Lipinski definition) is 5. The molecule has 1 N–H and O–H groups in total. The second-order valence-electron chi connectivity index (χ2n) is 5.72. The Labute approximate surface area is 124 Å². The fourth-order valence-corrected chi connectivity index (χ4v) is 3.13. The summed E-state index contributed by atoms with van der Waals surface area (Å²) in [6.07, 6.45) is 2.82. The standard InChI is InChI=1S/C15H21N3O3/c1-10-7-18-8-11(6-12(18)9-21-10)17-14(19)13-4-3-5-16-15(13)20-2/h3-5,10-12H,6-9H2,1-2H3,(H,17,19)/t10-,11+,12-/m0/s1. The first-order valence-corrected chi connectivity index (χ1v) is 7.33. The van der Waals surface area contributed by atoms with Crippen LogP contribution < -0.4 is 10.1 Å². The van der Waals surface area contributed by atoms with E-state index in [1.54, 1.807) is 18.3 Å². The largest absolute Gasteiger partial charge is 0.480 e. The van der Waals surface area contributed by atoms with Crippen LogP contribution in [0, 0.1) is 0 Å². The van der Waals surface area contributed by atoms with Crippen LogP contribution in [0.4, 0.5) is 0 Å². The molecule has 0 saturated carbocycles. The summed E-state index contributed by atoms with van der Waals surface area (Å²) in [6.45, 7) is 4.66. The summed E-state index contributed by atoms with van der Waals surface area (Å²) in [5.74, 6) is 0.237. The lowest BCUT2D eigenvalue weighted by molar-refractivity contribution is -0.0390. The van der Waals surface area contributed by atoms with Gasteiger partial charge in [0.1, 0.15) is 5.56 Å². The van der Waals surface area contributed by atoms with Crippen molar-refractivity contribution in [3.63, 3.8) is 0 Å². The number of amides is 1. The van der Waals surface area contributed by atoms with Crippen LogP contribution in [0.2, 0.25) is 0 Å². The van der Waals surface area contributed by atoms with Crippen molar-refractivity contribution in [3.8, 4) is 5.88 Å². The molecule has 0 radical (unpaired) electrons. The summed E-state index contributed by atoms with van der Waals surface area (Å²) in [5, 5.41) is 3.08. The van der Waals surface area contributed by atoms with Gasteiger partial charge < -0.3 is 14.8 Å². The van der Waals surface area contributed by atoms with Gasteiger partial charge in [-0.2, -0.15) is 0 Å². The number of hydrogen-bond donors (Lipinski definition) is 1. The fraction of sp³-hybridized carbons (Fsp3) is 0.600. The van der Waals surface area contributed by atoms with E-state index in [1.165, 1.54) is 7.11 Å². The summed E-state index contributed by atoms with van der Waals surface area (Å²) in [7, 11) is 1.52. The van der Waals surface area contributed by atoms with Crippen molar-refractivity contribution >= 4 is 5.91 Å². The number of carbonyl (C=O) groups is 1. The number of rotatable bonds is 3. The van der Waals surface area contributed by atoms with E-state index in [1.807, 2.05) is 0 Å². The Morgan fingerprint density at radius 1 is 1.52 bits per heavy atom. The molecule has 6 heteroatoms. The van der Waals surface area contributed by atoms with E-state index in [2.05, 4.69) is 22.1 Å². The van der Waals surface area contributed by atoms with Gasteiger partial charge in [0, 0.05) is 31.4 Å². The number of morpholine rings is 1. The molecule has 0 spiro atoms. The molecular weight excluding hydrogens is 270 g/mol. The zero-order valence-electron chi connectivity index (χ0n) is 12.4. The molecular formula is C15H21N3O3. The van der Waals surface area contributed by atoms with Gasteiger partial charge in [-0.1, -0.05) is 0 Å². The van der Waals surface area contributed by atoms with E-state index in [-0.39, 0.29) is 18.1 Å². The number of nitrogens with one attached hydrogen (secondary N) is 1. The summed E-state index contributed by atoms with van der Waals surface area (Å²) >= 11 is 0. The van der Waals surface area contributed by atoms with Crippen LogP contribution in [-0.4, -0.2) is 60.8 Å². The molecule has 3 rings (SSSR count). The highest BCUT2D eigenvalue weighted by Gasteiger charge is 2.37. The van der Waals surface area contributed by atoms with E-state index < -0.39 is 0 Å². The Hall–Kier alpha value is -1.66. The molecule has 2 aliphatic heterocycles. The Morgan fingerprint density at radius 3 is 3.19 bits per heavy atom. The third-order valence-corrected chi connectivity index (χ3v) is 4.14. The van der Waals surface area contributed by atoms with Crippen molar-refractivity contribution in [2.45, 2.75) is 31.5 Å². The number of ether oxygens (including phenoxy) is 2. The van der Waals surface area contributed by atoms with Gasteiger partial charge >= 0.3 is 0 Å². The van der Waals surface area contributed by atoms with Gasteiger partial charge in [-0.25, -0.2) is 4.98 Å². The molecule has 1 aromatic heterocycles. The zero-order valence-corrected chi connectivity index (χ0v) is 12.4. The smallest absolute Gasteiger partial charge is 0.257 e. The molecule has 2 aliphatic rings. The lowest BCUT2D eigenvalue weighted by atomic mass is 10.1. The van der Waals surface area contributed by atoms with Gasteiger partial charge in [0.05, 0.1) is 19.8 Å². The highest BCUT2D eigenvalue weighted by molar-refractivity contribution is 5.96. The third kappa shape index (κ3) is 3.01.